The number of carbonyl (C=O) groups is 6. The number of nitrogens with zero attached hydrogens (tertiary/aromatic N) is 6. The molecule has 2 aliphatic heterocycles. The number of para-hydroxylation sites is 4. The van der Waals surface area contributed by atoms with Crippen molar-refractivity contribution >= 4 is 248 Å². The molecule has 0 atom stereocenters. The minimum atomic E-state index is -0.893. The standard InChI is InChI=1S/2C14H20O5.3C8Cl2N2O2.4CH2Cl2.K/c2*1-2-4-14-13(3-1)18-11-9-16-7-5-15-6-8-17-10-12-19-14;3*9-5-6(10)8(14)4(2-12)3(1-11)7(5)13;4*2-1-3;/h2*1-4H,5-12H2;;;;4*1H2;. The summed E-state index contributed by atoms with van der Waals surface area (Å²) >= 11 is 70.5. The number of hydrogen-bond acceptors (Lipinski definition) is 22. The maximum absolute atomic E-state index is 11.2. The van der Waals surface area contributed by atoms with E-state index in [1.165, 1.54) is 36.4 Å². The summed E-state index contributed by atoms with van der Waals surface area (Å²) in [6.45, 7) is 8.73. The molecule has 7 rings (SSSR count). The minimum absolute atomic E-state index is 0. The van der Waals surface area contributed by atoms with Crippen LogP contribution in [0.3, 0.4) is 0 Å². The number of ketones is 6. The van der Waals surface area contributed by atoms with Gasteiger partial charge in [0.25, 0.3) is 0 Å². The van der Waals surface area contributed by atoms with Gasteiger partial charge >= 0.3 is 0 Å². The van der Waals surface area contributed by atoms with Crippen LogP contribution in [-0.2, 0) is 57.2 Å². The van der Waals surface area contributed by atoms with Crippen LogP contribution in [-0.4, -0.2) is 213 Å². The zero-order chi connectivity index (χ0) is 69.8. The Morgan fingerprint density at radius 1 is 0.269 bits per heavy atom. The van der Waals surface area contributed by atoms with Crippen molar-refractivity contribution in [1.82, 2.24) is 0 Å². The van der Waals surface area contributed by atoms with Gasteiger partial charge in [-0.05, 0) is 24.3 Å². The van der Waals surface area contributed by atoms with Crippen molar-refractivity contribution in [3.63, 3.8) is 0 Å². The second-order valence-electron chi connectivity index (χ2n) is 15.1. The zero-order valence-electron chi connectivity index (χ0n) is 48.3. The van der Waals surface area contributed by atoms with Gasteiger partial charge in [0.1, 0.15) is 126 Å². The normalized spacial score (nSPS) is 16.2. The molecule has 0 fully saturated rings. The van der Waals surface area contributed by atoms with Crippen molar-refractivity contribution in [2.75, 3.05) is 127 Å². The Kier molecular flexibility index (Phi) is 60.2. The summed E-state index contributed by atoms with van der Waals surface area (Å²) in [4.78, 5) is 67.3. The molecule has 37 heteroatoms. The fourth-order valence-electron chi connectivity index (χ4n) is 5.88. The van der Waals surface area contributed by atoms with Gasteiger partial charge in [0.05, 0.1) is 101 Å². The molecule has 497 valence electrons. The van der Waals surface area contributed by atoms with Crippen LogP contribution in [0.4, 0.5) is 0 Å². The van der Waals surface area contributed by atoms with Crippen LogP contribution < -0.4 is 18.9 Å². The zero-order valence-corrected chi connectivity index (χ0v) is 62.0. The van der Waals surface area contributed by atoms with E-state index in [4.69, 9.17) is 241 Å². The van der Waals surface area contributed by atoms with Gasteiger partial charge in [-0.25, -0.2) is 0 Å². The summed E-state index contributed by atoms with van der Waals surface area (Å²) in [5.74, 6) is -2.43. The van der Waals surface area contributed by atoms with Gasteiger partial charge in [0, 0.05) is 51.4 Å². The van der Waals surface area contributed by atoms with Crippen LogP contribution in [0.5, 0.6) is 23.0 Å². The average molecular weight is 1600 g/mol. The van der Waals surface area contributed by atoms with Gasteiger partial charge in [-0.3, -0.25) is 28.8 Å². The van der Waals surface area contributed by atoms with Crippen molar-refractivity contribution in [2.24, 2.45) is 0 Å². The number of halogens is 14. The minimum Gasteiger partial charge on any atom is -0.487 e. The van der Waals surface area contributed by atoms with Crippen LogP contribution in [0.15, 0.2) is 112 Å². The van der Waals surface area contributed by atoms with E-state index in [2.05, 4.69) is 0 Å². The van der Waals surface area contributed by atoms with Crippen LogP contribution in [0.25, 0.3) is 0 Å². The number of Topliss-reactive ketones (excluding diaryl/α,β-unsaturated/α-hetero) is 6. The molecule has 0 saturated carbocycles. The Morgan fingerprint density at radius 3 is 0.505 bits per heavy atom. The Balaban J connectivity index is -0.00000104. The molecule has 1 radical (unpaired) electrons. The molecule has 5 aliphatic rings. The third-order valence-electron chi connectivity index (χ3n) is 9.68. The van der Waals surface area contributed by atoms with E-state index in [1.807, 2.05) is 48.5 Å². The van der Waals surface area contributed by atoms with Crippen molar-refractivity contribution in [2.45, 2.75) is 0 Å². The van der Waals surface area contributed by atoms with Crippen molar-refractivity contribution in [1.29, 1.82) is 31.6 Å². The first-order valence-electron chi connectivity index (χ1n) is 24.9. The number of rotatable bonds is 0. The Hall–Kier alpha value is -3.50. The first-order chi connectivity index (χ1) is 44.2. The molecule has 0 bridgehead atoms. The second kappa shape index (κ2) is 59.7. The smallest absolute Gasteiger partial charge is 0.218 e. The Labute approximate surface area is 647 Å². The van der Waals surface area contributed by atoms with E-state index in [-0.39, 0.29) is 72.7 Å². The SMILES string of the molecule is ClCCl.ClCCl.ClCCl.ClCCl.N#CC1=C(C#N)C(=O)C(Cl)=C(Cl)C1=O.N#CC1=C(C#N)C(=O)C(Cl)=C(Cl)C1=O.N#CC1=C(C#N)C(=O)C(Cl)=C(Cl)C1=O.[K].c1ccc2c(c1)OCCOCCOCCOCCO2.c1ccc2c(c1)OCCOCCOCCOCCO2. The topological polar surface area (TPSA) is 337 Å². The van der Waals surface area contributed by atoms with Crippen LogP contribution in [0, 0.1) is 68.0 Å². The summed E-state index contributed by atoms with van der Waals surface area (Å²) in [7, 11) is 0. The molecule has 0 saturated heterocycles. The monoisotopic (exact) mass is 1590 g/mol. The van der Waals surface area contributed by atoms with Crippen LogP contribution in [0.1, 0.15) is 0 Å². The van der Waals surface area contributed by atoms with Crippen LogP contribution in [0.2, 0.25) is 0 Å². The number of benzene rings is 2. The second-order valence-corrected chi connectivity index (χ2v) is 20.6. The molecule has 2 heterocycles. The van der Waals surface area contributed by atoms with E-state index in [1.54, 1.807) is 0 Å². The molecule has 0 spiro atoms. The van der Waals surface area contributed by atoms with Crippen molar-refractivity contribution < 1.29 is 76.1 Å². The fourth-order valence-corrected chi connectivity index (χ4v) is 6.96. The summed E-state index contributed by atoms with van der Waals surface area (Å²) in [5, 5.41) is 48.8. The summed E-state index contributed by atoms with van der Waals surface area (Å²) in [6, 6.07) is 23.9. The molecule has 93 heavy (non-hydrogen) atoms. The Morgan fingerprint density at radius 2 is 0.387 bits per heavy atom. The number of fused-ring (bicyclic) bond motifs is 2. The van der Waals surface area contributed by atoms with E-state index in [0.29, 0.717) is 106 Å². The largest absolute Gasteiger partial charge is 0.487 e. The predicted molar refractivity (Wildman–Crippen MR) is 353 cm³/mol. The number of carbonyl (C=O) groups excluding carboxylic acids is 6. The Bertz CT molecular complexity index is 2760. The summed E-state index contributed by atoms with van der Waals surface area (Å²) in [6.07, 6.45) is 0. The summed E-state index contributed by atoms with van der Waals surface area (Å²) in [5.41, 5.74) is -3.38. The van der Waals surface area contributed by atoms with Gasteiger partial charge in [-0.1, -0.05) is 93.9 Å². The maximum atomic E-state index is 11.2. The fraction of sp³-hybridized carbons (Fsp3) is 0.357. The number of ether oxygens (including phenoxy) is 10. The molecule has 0 aromatic heterocycles. The molecule has 3 aliphatic carbocycles. The van der Waals surface area contributed by atoms with Crippen LogP contribution >= 0.6 is 162 Å². The molecule has 2 aromatic carbocycles. The van der Waals surface area contributed by atoms with Gasteiger partial charge in [0.15, 0.2) is 23.0 Å². The third kappa shape index (κ3) is 36.6. The summed E-state index contributed by atoms with van der Waals surface area (Å²) < 4.78 is 54.8. The third-order valence-corrected chi connectivity index (χ3v) is 12.1. The number of allylic oxidation sites excluding steroid dienone is 12. The number of hydrogen-bond donors (Lipinski definition) is 0. The average Bonchev–Trinajstić information content (AvgIpc) is 0.836. The van der Waals surface area contributed by atoms with Crippen molar-refractivity contribution in [3.05, 3.63) is 112 Å². The molecule has 2 aromatic rings. The van der Waals surface area contributed by atoms with E-state index in [9.17, 15) is 28.8 Å². The molecule has 0 amide bonds. The van der Waals surface area contributed by atoms with Gasteiger partial charge < -0.3 is 47.4 Å². The van der Waals surface area contributed by atoms with Gasteiger partial charge in [0.2, 0.25) is 34.7 Å². The quantitative estimate of drug-likeness (QED) is 0.134. The maximum Gasteiger partial charge on any atom is 0.218 e. The number of alkyl halides is 8. The molecule has 22 nitrogen and oxygen atoms in total. The first kappa shape index (κ1) is 93.7. The molecular formula is C56H48Cl14KN6O16. The molecular weight excluding hydrogens is 1550 g/mol. The van der Waals surface area contributed by atoms with E-state index < -0.39 is 98.3 Å². The molecule has 0 unspecified atom stereocenters. The van der Waals surface area contributed by atoms with E-state index >= 15 is 0 Å². The van der Waals surface area contributed by atoms with Gasteiger partial charge in [-0.2, -0.15) is 31.6 Å². The number of nitriles is 6. The van der Waals surface area contributed by atoms with Gasteiger partial charge in [-0.15, -0.1) is 92.8 Å². The first-order valence-corrected chi connectivity index (χ1v) is 31.5. The van der Waals surface area contributed by atoms with E-state index in [0.717, 1.165) is 23.0 Å². The van der Waals surface area contributed by atoms with Crippen molar-refractivity contribution in [3.8, 4) is 59.4 Å². The molecule has 0 N–H and O–H groups in total. The predicted octanol–water partition coefficient (Wildman–Crippen LogP) is 11.8.